The van der Waals surface area contributed by atoms with E-state index >= 15 is 0 Å². The number of carbonyl (C=O) groups is 1. The van der Waals surface area contributed by atoms with E-state index < -0.39 is 0 Å². The Hall–Kier alpha value is -0.940. The molecule has 1 aromatic carbocycles. The number of aryl methyl sites for hydroxylation is 1. The van der Waals surface area contributed by atoms with Crippen LogP contribution < -0.4 is 5.73 Å². The highest BCUT2D eigenvalue weighted by Crippen LogP contribution is 2.23. The molecule has 18 heavy (non-hydrogen) atoms. The third kappa shape index (κ3) is 2.57. The zero-order chi connectivity index (χ0) is 13.3. The molecule has 0 radical (unpaired) electrons. The van der Waals surface area contributed by atoms with E-state index in [0.717, 1.165) is 29.4 Å². The first kappa shape index (κ1) is 13.5. The molecule has 0 saturated carbocycles. The molecule has 1 fully saturated rings. The van der Waals surface area contributed by atoms with Gasteiger partial charge in [-0.15, -0.1) is 0 Å². The second kappa shape index (κ2) is 5.36. The van der Waals surface area contributed by atoms with E-state index in [-0.39, 0.29) is 11.9 Å². The van der Waals surface area contributed by atoms with Gasteiger partial charge in [0.25, 0.3) is 5.91 Å². The van der Waals surface area contributed by atoms with Gasteiger partial charge >= 0.3 is 0 Å². The maximum atomic E-state index is 12.4. The van der Waals surface area contributed by atoms with E-state index in [4.69, 9.17) is 18.0 Å². The first-order chi connectivity index (χ1) is 8.50. The Morgan fingerprint density at radius 2 is 2.28 bits per heavy atom. The predicted octanol–water partition coefficient (Wildman–Crippen LogP) is 2.65. The lowest BCUT2D eigenvalue weighted by molar-refractivity contribution is 0.0770. The SMILES string of the molecule is Cc1cc(C(=O)N2CCCC2C(N)=S)ccc1Br. The lowest BCUT2D eigenvalue weighted by atomic mass is 10.1. The molecule has 1 amide bonds. The minimum atomic E-state index is -0.0866. The quantitative estimate of drug-likeness (QED) is 0.850. The number of halogens is 1. The first-order valence-electron chi connectivity index (χ1n) is 5.87. The van der Waals surface area contributed by atoms with Crippen LogP contribution in [0.4, 0.5) is 0 Å². The normalized spacial score (nSPS) is 19.0. The van der Waals surface area contributed by atoms with Gasteiger partial charge in [0.05, 0.1) is 11.0 Å². The molecule has 5 heteroatoms. The monoisotopic (exact) mass is 326 g/mol. The zero-order valence-corrected chi connectivity index (χ0v) is 12.6. The molecule has 0 spiro atoms. The molecule has 1 aromatic rings. The third-order valence-electron chi connectivity index (χ3n) is 3.25. The van der Waals surface area contributed by atoms with Crippen molar-refractivity contribution in [2.24, 2.45) is 5.73 Å². The highest BCUT2D eigenvalue weighted by Gasteiger charge is 2.31. The van der Waals surface area contributed by atoms with Gasteiger partial charge in [-0.05, 0) is 43.5 Å². The Balaban J connectivity index is 2.25. The van der Waals surface area contributed by atoms with Crippen molar-refractivity contribution in [3.63, 3.8) is 0 Å². The maximum Gasteiger partial charge on any atom is 0.254 e. The Bertz CT molecular complexity index is 504. The molecule has 1 aliphatic heterocycles. The van der Waals surface area contributed by atoms with E-state index in [0.29, 0.717) is 10.6 Å². The van der Waals surface area contributed by atoms with Crippen molar-refractivity contribution in [1.82, 2.24) is 4.90 Å². The summed E-state index contributed by atoms with van der Waals surface area (Å²) in [5, 5.41) is 0. The molecule has 1 atom stereocenters. The van der Waals surface area contributed by atoms with Crippen molar-refractivity contribution in [1.29, 1.82) is 0 Å². The summed E-state index contributed by atoms with van der Waals surface area (Å²) in [5.74, 6) is 0.0147. The van der Waals surface area contributed by atoms with Gasteiger partial charge in [0.15, 0.2) is 0 Å². The van der Waals surface area contributed by atoms with Gasteiger partial charge in [-0.25, -0.2) is 0 Å². The molecule has 1 heterocycles. The summed E-state index contributed by atoms with van der Waals surface area (Å²) in [4.78, 5) is 14.6. The number of thiocarbonyl (C=S) groups is 1. The van der Waals surface area contributed by atoms with Crippen LogP contribution in [0.15, 0.2) is 22.7 Å². The number of amides is 1. The third-order valence-corrected chi connectivity index (χ3v) is 4.41. The topological polar surface area (TPSA) is 46.3 Å². The molecule has 0 bridgehead atoms. The fraction of sp³-hybridized carbons (Fsp3) is 0.385. The molecular formula is C13H15BrN2OS. The Morgan fingerprint density at radius 3 is 2.89 bits per heavy atom. The Labute approximate surface area is 120 Å². The Kier molecular flexibility index (Phi) is 4.02. The summed E-state index contributed by atoms with van der Waals surface area (Å²) >= 11 is 8.46. The molecule has 1 unspecified atom stereocenters. The van der Waals surface area contributed by atoms with Crippen LogP contribution in [0, 0.1) is 6.92 Å². The minimum Gasteiger partial charge on any atom is -0.392 e. The van der Waals surface area contributed by atoms with Gasteiger partial charge in [0.1, 0.15) is 0 Å². The number of nitrogens with two attached hydrogens (primary N) is 1. The van der Waals surface area contributed by atoms with Gasteiger partial charge in [-0.3, -0.25) is 4.79 Å². The fourth-order valence-electron chi connectivity index (χ4n) is 2.25. The second-order valence-electron chi connectivity index (χ2n) is 4.52. The molecule has 96 valence electrons. The van der Waals surface area contributed by atoms with Gasteiger partial charge in [0, 0.05) is 16.6 Å². The summed E-state index contributed by atoms with van der Waals surface area (Å²) in [7, 11) is 0. The maximum absolute atomic E-state index is 12.4. The van der Waals surface area contributed by atoms with Crippen LogP contribution in [0.5, 0.6) is 0 Å². The summed E-state index contributed by atoms with van der Waals surface area (Å²) in [6.45, 7) is 2.70. The van der Waals surface area contributed by atoms with Gasteiger partial charge in [-0.1, -0.05) is 28.1 Å². The average Bonchev–Trinajstić information content (AvgIpc) is 2.81. The zero-order valence-electron chi connectivity index (χ0n) is 10.1. The number of hydrogen-bond donors (Lipinski definition) is 1. The molecule has 2 N–H and O–H groups in total. The van der Waals surface area contributed by atoms with Gasteiger partial charge in [-0.2, -0.15) is 0 Å². The van der Waals surface area contributed by atoms with E-state index in [1.54, 1.807) is 4.90 Å². The lowest BCUT2D eigenvalue weighted by Crippen LogP contribution is -2.42. The van der Waals surface area contributed by atoms with Crippen LogP contribution in [0.2, 0.25) is 0 Å². The summed E-state index contributed by atoms with van der Waals surface area (Å²) in [6.07, 6.45) is 1.83. The van der Waals surface area contributed by atoms with Gasteiger partial charge in [0.2, 0.25) is 0 Å². The molecular weight excluding hydrogens is 312 g/mol. The molecule has 1 aliphatic rings. The van der Waals surface area contributed by atoms with Gasteiger partial charge < -0.3 is 10.6 Å². The highest BCUT2D eigenvalue weighted by molar-refractivity contribution is 9.10. The number of likely N-dealkylation sites (tertiary alicyclic amines) is 1. The van der Waals surface area contributed by atoms with Crippen molar-refractivity contribution >= 4 is 39.0 Å². The summed E-state index contributed by atoms with van der Waals surface area (Å²) < 4.78 is 1.01. The van der Waals surface area contributed by atoms with Crippen LogP contribution in [0.1, 0.15) is 28.8 Å². The number of carbonyl (C=O) groups excluding carboxylic acids is 1. The second-order valence-corrected chi connectivity index (χ2v) is 5.85. The van der Waals surface area contributed by atoms with Crippen molar-refractivity contribution in [2.45, 2.75) is 25.8 Å². The Morgan fingerprint density at radius 1 is 1.56 bits per heavy atom. The summed E-state index contributed by atoms with van der Waals surface area (Å²) in [5.41, 5.74) is 7.43. The van der Waals surface area contributed by atoms with Crippen molar-refractivity contribution in [3.05, 3.63) is 33.8 Å². The predicted molar refractivity (Wildman–Crippen MR) is 79.7 cm³/mol. The highest BCUT2D eigenvalue weighted by atomic mass is 79.9. The number of benzene rings is 1. The molecule has 0 aliphatic carbocycles. The van der Waals surface area contributed by atoms with E-state index in [9.17, 15) is 4.79 Å². The number of nitrogens with zero attached hydrogens (tertiary/aromatic N) is 1. The van der Waals surface area contributed by atoms with Crippen molar-refractivity contribution < 1.29 is 4.79 Å². The molecule has 0 aromatic heterocycles. The molecule has 3 nitrogen and oxygen atoms in total. The van der Waals surface area contributed by atoms with Crippen LogP contribution in [0.3, 0.4) is 0 Å². The standard InChI is InChI=1S/C13H15BrN2OS/c1-8-7-9(4-5-10(8)14)13(17)16-6-2-3-11(16)12(15)18/h4-5,7,11H,2-3,6H2,1H3,(H2,15,18). The number of rotatable bonds is 2. The van der Waals surface area contributed by atoms with Crippen molar-refractivity contribution in [2.75, 3.05) is 6.54 Å². The fourth-order valence-corrected chi connectivity index (χ4v) is 2.74. The first-order valence-corrected chi connectivity index (χ1v) is 7.07. The largest absolute Gasteiger partial charge is 0.392 e. The average molecular weight is 327 g/mol. The van der Waals surface area contributed by atoms with Crippen LogP contribution >= 0.6 is 28.1 Å². The van der Waals surface area contributed by atoms with Crippen LogP contribution in [-0.4, -0.2) is 28.4 Å². The van der Waals surface area contributed by atoms with E-state index in [1.807, 2.05) is 25.1 Å². The van der Waals surface area contributed by atoms with Crippen molar-refractivity contribution in [3.8, 4) is 0 Å². The van der Waals surface area contributed by atoms with E-state index in [1.165, 1.54) is 0 Å². The minimum absolute atomic E-state index is 0.0147. The lowest BCUT2D eigenvalue weighted by Gasteiger charge is -2.24. The molecule has 1 saturated heterocycles. The van der Waals surface area contributed by atoms with E-state index in [2.05, 4.69) is 15.9 Å². The smallest absolute Gasteiger partial charge is 0.254 e. The number of hydrogen-bond acceptors (Lipinski definition) is 2. The summed E-state index contributed by atoms with van der Waals surface area (Å²) in [6, 6.07) is 5.53. The molecule has 2 rings (SSSR count). The van der Waals surface area contributed by atoms with Crippen LogP contribution in [0.25, 0.3) is 0 Å². The van der Waals surface area contributed by atoms with Crippen LogP contribution in [-0.2, 0) is 0 Å².